The van der Waals surface area contributed by atoms with Crippen LogP contribution in [0.15, 0.2) is 30.6 Å². The second kappa shape index (κ2) is 5.07. The van der Waals surface area contributed by atoms with E-state index in [0.717, 1.165) is 17.3 Å². The van der Waals surface area contributed by atoms with Crippen molar-refractivity contribution in [2.24, 2.45) is 5.84 Å². The standard InChI is InChI=1S/C12H14FN5/c1-7-4-5-16-12(14)10(7)11(18-15)9-3-2-8(13)6-17-9/h2-6,11,18H,15H2,1H3,(H2,14,16). The summed E-state index contributed by atoms with van der Waals surface area (Å²) in [6.45, 7) is 1.90. The van der Waals surface area contributed by atoms with E-state index in [9.17, 15) is 4.39 Å². The molecule has 18 heavy (non-hydrogen) atoms. The van der Waals surface area contributed by atoms with Gasteiger partial charge in [0.1, 0.15) is 11.6 Å². The number of pyridine rings is 2. The zero-order chi connectivity index (χ0) is 13.1. The van der Waals surface area contributed by atoms with Crippen LogP contribution in [0.25, 0.3) is 0 Å². The summed E-state index contributed by atoms with van der Waals surface area (Å²) >= 11 is 0. The van der Waals surface area contributed by atoms with E-state index in [1.807, 2.05) is 13.0 Å². The zero-order valence-corrected chi connectivity index (χ0v) is 9.89. The van der Waals surface area contributed by atoms with Gasteiger partial charge < -0.3 is 5.73 Å². The molecule has 1 unspecified atom stereocenters. The lowest BCUT2D eigenvalue weighted by molar-refractivity contribution is 0.595. The Labute approximate surface area is 104 Å². The maximum absolute atomic E-state index is 12.9. The van der Waals surface area contributed by atoms with Crippen LogP contribution >= 0.6 is 0 Å². The van der Waals surface area contributed by atoms with Gasteiger partial charge in [0.2, 0.25) is 0 Å². The van der Waals surface area contributed by atoms with Crippen molar-refractivity contribution in [3.63, 3.8) is 0 Å². The average Bonchev–Trinajstić information content (AvgIpc) is 2.35. The molecular formula is C12H14FN5. The highest BCUT2D eigenvalue weighted by atomic mass is 19.1. The Balaban J connectivity index is 2.48. The van der Waals surface area contributed by atoms with Crippen LogP contribution in [0.3, 0.4) is 0 Å². The molecule has 6 heteroatoms. The molecule has 0 aliphatic rings. The fourth-order valence-electron chi connectivity index (χ4n) is 1.84. The van der Waals surface area contributed by atoms with E-state index in [2.05, 4.69) is 15.4 Å². The number of anilines is 1. The number of aryl methyl sites for hydroxylation is 1. The molecule has 0 spiro atoms. The average molecular weight is 247 g/mol. The molecule has 2 aromatic rings. The quantitative estimate of drug-likeness (QED) is 0.557. The third kappa shape index (κ3) is 2.29. The first-order valence-corrected chi connectivity index (χ1v) is 5.42. The van der Waals surface area contributed by atoms with Crippen LogP contribution in [0.2, 0.25) is 0 Å². The monoisotopic (exact) mass is 247 g/mol. The van der Waals surface area contributed by atoms with Crippen molar-refractivity contribution in [2.45, 2.75) is 13.0 Å². The van der Waals surface area contributed by atoms with Gasteiger partial charge in [0.05, 0.1) is 17.9 Å². The van der Waals surface area contributed by atoms with E-state index in [0.29, 0.717) is 11.5 Å². The van der Waals surface area contributed by atoms with Crippen molar-refractivity contribution in [3.8, 4) is 0 Å². The summed E-state index contributed by atoms with van der Waals surface area (Å²) in [4.78, 5) is 8.04. The van der Waals surface area contributed by atoms with Gasteiger partial charge in [-0.2, -0.15) is 0 Å². The molecule has 5 nitrogen and oxygen atoms in total. The molecular weight excluding hydrogens is 233 g/mol. The lowest BCUT2D eigenvalue weighted by Gasteiger charge is -2.19. The van der Waals surface area contributed by atoms with Gasteiger partial charge in [0, 0.05) is 11.8 Å². The molecule has 0 aliphatic carbocycles. The lowest BCUT2D eigenvalue weighted by atomic mass is 10.00. The van der Waals surface area contributed by atoms with Crippen molar-refractivity contribution in [1.82, 2.24) is 15.4 Å². The predicted molar refractivity (Wildman–Crippen MR) is 66.7 cm³/mol. The van der Waals surface area contributed by atoms with Crippen LogP contribution in [0.1, 0.15) is 22.9 Å². The number of hydrazine groups is 1. The molecule has 0 saturated heterocycles. The first kappa shape index (κ1) is 12.4. The van der Waals surface area contributed by atoms with E-state index in [1.54, 1.807) is 12.3 Å². The summed E-state index contributed by atoms with van der Waals surface area (Å²) < 4.78 is 12.9. The van der Waals surface area contributed by atoms with Gasteiger partial charge in [0.25, 0.3) is 0 Å². The van der Waals surface area contributed by atoms with Crippen LogP contribution in [0.4, 0.5) is 10.2 Å². The molecule has 0 aromatic carbocycles. The number of hydrogen-bond donors (Lipinski definition) is 3. The molecule has 0 bridgehead atoms. The third-order valence-electron chi connectivity index (χ3n) is 2.74. The minimum atomic E-state index is -0.417. The van der Waals surface area contributed by atoms with Gasteiger partial charge in [-0.15, -0.1) is 0 Å². The molecule has 2 rings (SSSR count). The molecule has 94 valence electrons. The van der Waals surface area contributed by atoms with Gasteiger partial charge in [-0.05, 0) is 30.7 Å². The fourth-order valence-corrected chi connectivity index (χ4v) is 1.84. The number of aromatic nitrogens is 2. The van der Waals surface area contributed by atoms with Crippen LogP contribution in [-0.4, -0.2) is 9.97 Å². The highest BCUT2D eigenvalue weighted by Gasteiger charge is 2.19. The fraction of sp³-hybridized carbons (Fsp3) is 0.167. The zero-order valence-electron chi connectivity index (χ0n) is 9.89. The first-order valence-electron chi connectivity index (χ1n) is 5.42. The van der Waals surface area contributed by atoms with Crippen molar-refractivity contribution < 1.29 is 4.39 Å². The van der Waals surface area contributed by atoms with E-state index < -0.39 is 11.9 Å². The number of nitrogens with zero attached hydrogens (tertiary/aromatic N) is 2. The summed E-state index contributed by atoms with van der Waals surface area (Å²) in [5.41, 5.74) is 10.8. The Bertz CT molecular complexity index is 520. The highest BCUT2D eigenvalue weighted by molar-refractivity contribution is 5.48. The molecule has 1 atom stereocenters. The van der Waals surface area contributed by atoms with Crippen LogP contribution < -0.4 is 17.0 Å². The van der Waals surface area contributed by atoms with Crippen LogP contribution in [-0.2, 0) is 0 Å². The maximum Gasteiger partial charge on any atom is 0.141 e. The predicted octanol–water partition coefficient (Wildman–Crippen LogP) is 1.06. The Kier molecular flexibility index (Phi) is 3.50. The lowest BCUT2D eigenvalue weighted by Crippen LogP contribution is -2.31. The second-order valence-electron chi connectivity index (χ2n) is 3.93. The van der Waals surface area contributed by atoms with Gasteiger partial charge in [-0.25, -0.2) is 14.8 Å². The Morgan fingerprint density at radius 3 is 2.61 bits per heavy atom. The van der Waals surface area contributed by atoms with E-state index >= 15 is 0 Å². The number of rotatable bonds is 3. The largest absolute Gasteiger partial charge is 0.383 e. The highest BCUT2D eigenvalue weighted by Crippen LogP contribution is 2.26. The molecule has 0 saturated carbocycles. The van der Waals surface area contributed by atoms with Gasteiger partial charge >= 0.3 is 0 Å². The Morgan fingerprint density at radius 1 is 1.28 bits per heavy atom. The Morgan fingerprint density at radius 2 is 2.06 bits per heavy atom. The molecule has 0 fully saturated rings. The number of nitrogen functional groups attached to an aromatic ring is 1. The third-order valence-corrected chi connectivity index (χ3v) is 2.74. The molecule has 0 radical (unpaired) electrons. The maximum atomic E-state index is 12.9. The minimum absolute atomic E-state index is 0.379. The minimum Gasteiger partial charge on any atom is -0.383 e. The molecule has 0 aliphatic heterocycles. The van der Waals surface area contributed by atoms with Gasteiger partial charge in [-0.1, -0.05) is 0 Å². The number of nitrogens with two attached hydrogens (primary N) is 2. The smallest absolute Gasteiger partial charge is 0.141 e. The van der Waals surface area contributed by atoms with Crippen molar-refractivity contribution in [1.29, 1.82) is 0 Å². The summed E-state index contributed by atoms with van der Waals surface area (Å²) in [5, 5.41) is 0. The molecule has 2 heterocycles. The SMILES string of the molecule is Cc1ccnc(N)c1C(NN)c1ccc(F)cn1. The van der Waals surface area contributed by atoms with Crippen LogP contribution in [0.5, 0.6) is 0 Å². The summed E-state index contributed by atoms with van der Waals surface area (Å²) in [7, 11) is 0. The van der Waals surface area contributed by atoms with E-state index in [-0.39, 0.29) is 0 Å². The van der Waals surface area contributed by atoms with Gasteiger partial charge in [-0.3, -0.25) is 10.8 Å². The Hall–Kier alpha value is -2.05. The van der Waals surface area contributed by atoms with Crippen LogP contribution in [0, 0.1) is 12.7 Å². The first-order chi connectivity index (χ1) is 8.63. The normalized spacial score (nSPS) is 12.4. The topological polar surface area (TPSA) is 89.8 Å². The number of nitrogens with one attached hydrogen (secondary N) is 1. The molecule has 5 N–H and O–H groups in total. The molecule has 2 aromatic heterocycles. The van der Waals surface area contributed by atoms with E-state index in [4.69, 9.17) is 11.6 Å². The summed E-state index contributed by atoms with van der Waals surface area (Å²) in [5.74, 6) is 5.53. The number of hydrogen-bond acceptors (Lipinski definition) is 5. The van der Waals surface area contributed by atoms with Crippen molar-refractivity contribution >= 4 is 5.82 Å². The number of halogens is 1. The molecule has 0 amide bonds. The van der Waals surface area contributed by atoms with Crippen molar-refractivity contribution in [3.05, 3.63) is 53.2 Å². The van der Waals surface area contributed by atoms with Gasteiger partial charge in [0.15, 0.2) is 0 Å². The van der Waals surface area contributed by atoms with E-state index in [1.165, 1.54) is 6.07 Å². The summed E-state index contributed by atoms with van der Waals surface area (Å²) in [6, 6.07) is 4.30. The summed E-state index contributed by atoms with van der Waals surface area (Å²) in [6.07, 6.45) is 2.77. The second-order valence-corrected chi connectivity index (χ2v) is 3.93. The van der Waals surface area contributed by atoms with Crippen molar-refractivity contribution in [2.75, 3.05) is 5.73 Å².